The van der Waals surface area contributed by atoms with Crippen LogP contribution in [-0.2, 0) is 14.3 Å². The van der Waals surface area contributed by atoms with Crippen LogP contribution in [0, 0.1) is 0 Å². The summed E-state index contributed by atoms with van der Waals surface area (Å²) >= 11 is 3.33. The second-order valence-electron chi connectivity index (χ2n) is 5.28. The van der Waals surface area contributed by atoms with Gasteiger partial charge in [0.15, 0.2) is 6.10 Å². The van der Waals surface area contributed by atoms with E-state index in [4.69, 9.17) is 4.74 Å². The highest BCUT2D eigenvalue weighted by atomic mass is 79.9. The normalized spacial score (nSPS) is 11.6. The van der Waals surface area contributed by atoms with E-state index < -0.39 is 24.0 Å². The summed E-state index contributed by atoms with van der Waals surface area (Å²) in [7, 11) is 0. The Morgan fingerprint density at radius 3 is 2.50 bits per heavy atom. The Kier molecular flexibility index (Phi) is 7.11. The largest absolute Gasteiger partial charge is 0.449 e. The number of urea groups is 1. The maximum absolute atomic E-state index is 11.9. The minimum Gasteiger partial charge on any atom is -0.449 e. The molecule has 134 valence electrons. The van der Waals surface area contributed by atoms with Gasteiger partial charge in [0, 0.05) is 16.2 Å². The van der Waals surface area contributed by atoms with Gasteiger partial charge in [-0.2, -0.15) is 0 Å². The topological polar surface area (TPSA) is 84.5 Å². The van der Waals surface area contributed by atoms with E-state index in [0.29, 0.717) is 5.69 Å². The van der Waals surface area contributed by atoms with Crippen LogP contribution in [0.5, 0.6) is 0 Å². The van der Waals surface area contributed by atoms with Crippen LogP contribution in [0.2, 0.25) is 0 Å². The molecule has 2 rings (SSSR count). The summed E-state index contributed by atoms with van der Waals surface area (Å²) in [5, 5.41) is 4.62. The molecule has 2 N–H and O–H groups in total. The summed E-state index contributed by atoms with van der Waals surface area (Å²) in [4.78, 5) is 35.5. The minimum absolute atomic E-state index is 0.541. The molecule has 3 amide bonds. The third kappa shape index (κ3) is 6.52. The molecular formula is C19H17BrN2O4. The molecule has 0 aliphatic carbocycles. The van der Waals surface area contributed by atoms with Gasteiger partial charge in [-0.1, -0.05) is 46.3 Å². The zero-order chi connectivity index (χ0) is 18.9. The lowest BCUT2D eigenvalue weighted by Gasteiger charge is -2.12. The summed E-state index contributed by atoms with van der Waals surface area (Å²) in [5.41, 5.74) is 1.34. The third-order valence-electron chi connectivity index (χ3n) is 3.19. The highest BCUT2D eigenvalue weighted by Crippen LogP contribution is 2.12. The molecule has 0 fully saturated rings. The second kappa shape index (κ2) is 9.53. The van der Waals surface area contributed by atoms with Crippen molar-refractivity contribution in [1.82, 2.24) is 5.32 Å². The molecule has 0 saturated heterocycles. The number of hydrogen-bond acceptors (Lipinski definition) is 4. The quantitative estimate of drug-likeness (QED) is 0.574. The minimum atomic E-state index is -1.11. The van der Waals surface area contributed by atoms with Crippen molar-refractivity contribution in [3.8, 4) is 0 Å². The maximum Gasteiger partial charge on any atom is 0.331 e. The first kappa shape index (κ1) is 19.4. The fourth-order valence-corrected chi connectivity index (χ4v) is 2.36. The number of esters is 1. The monoisotopic (exact) mass is 416 g/mol. The van der Waals surface area contributed by atoms with E-state index in [2.05, 4.69) is 26.6 Å². The highest BCUT2D eigenvalue weighted by Gasteiger charge is 2.19. The van der Waals surface area contributed by atoms with Crippen LogP contribution in [0.4, 0.5) is 10.5 Å². The Hall–Kier alpha value is -2.93. The molecule has 0 saturated carbocycles. The Morgan fingerprint density at radius 1 is 1.08 bits per heavy atom. The number of carbonyl (C=O) groups excluding carboxylic acids is 3. The van der Waals surface area contributed by atoms with Gasteiger partial charge >= 0.3 is 12.0 Å². The number of benzene rings is 2. The van der Waals surface area contributed by atoms with E-state index in [1.165, 1.54) is 13.0 Å². The predicted molar refractivity (Wildman–Crippen MR) is 102 cm³/mol. The van der Waals surface area contributed by atoms with Crippen molar-refractivity contribution in [2.24, 2.45) is 0 Å². The summed E-state index contributed by atoms with van der Waals surface area (Å²) in [6, 6.07) is 15.3. The third-order valence-corrected chi connectivity index (χ3v) is 3.68. The lowest BCUT2D eigenvalue weighted by atomic mass is 10.2. The number of nitrogens with one attached hydrogen (secondary N) is 2. The van der Waals surface area contributed by atoms with Crippen molar-refractivity contribution in [2.75, 3.05) is 5.32 Å². The second-order valence-corrected chi connectivity index (χ2v) is 6.19. The van der Waals surface area contributed by atoms with Crippen LogP contribution in [0.15, 0.2) is 65.1 Å². The van der Waals surface area contributed by atoms with Crippen LogP contribution in [-0.4, -0.2) is 24.0 Å². The lowest BCUT2D eigenvalue weighted by molar-refractivity contribution is -0.149. The summed E-state index contributed by atoms with van der Waals surface area (Å²) in [5.74, 6) is -1.40. The average molecular weight is 417 g/mol. The van der Waals surface area contributed by atoms with Crippen molar-refractivity contribution >= 4 is 45.6 Å². The summed E-state index contributed by atoms with van der Waals surface area (Å²) in [6.07, 6.45) is 1.67. The summed E-state index contributed by atoms with van der Waals surface area (Å²) in [6.45, 7) is 1.38. The molecule has 0 heterocycles. The van der Waals surface area contributed by atoms with Gasteiger partial charge in [0.25, 0.3) is 5.91 Å². The van der Waals surface area contributed by atoms with E-state index in [0.717, 1.165) is 10.0 Å². The SMILES string of the molecule is CC(OC(=O)/C=C/c1cccc(Br)c1)C(=O)NC(=O)Nc1ccccc1. The molecule has 1 atom stereocenters. The number of halogens is 1. The lowest BCUT2D eigenvalue weighted by Crippen LogP contribution is -2.41. The number of para-hydroxylation sites is 1. The molecule has 7 heteroatoms. The highest BCUT2D eigenvalue weighted by molar-refractivity contribution is 9.10. The number of rotatable bonds is 5. The maximum atomic E-state index is 11.9. The van der Waals surface area contributed by atoms with Gasteiger partial charge in [-0.05, 0) is 42.8 Å². The van der Waals surface area contributed by atoms with E-state index in [9.17, 15) is 14.4 Å². The summed E-state index contributed by atoms with van der Waals surface area (Å²) < 4.78 is 5.87. The molecule has 1 unspecified atom stereocenters. The van der Waals surface area contributed by atoms with E-state index in [1.807, 2.05) is 24.3 Å². The molecule has 2 aromatic rings. The smallest absolute Gasteiger partial charge is 0.331 e. The fourth-order valence-electron chi connectivity index (χ4n) is 1.94. The van der Waals surface area contributed by atoms with Gasteiger partial charge in [-0.3, -0.25) is 10.1 Å². The van der Waals surface area contributed by atoms with Crippen molar-refractivity contribution in [1.29, 1.82) is 0 Å². The standard InChI is InChI=1S/C19H17BrN2O4/c1-13(18(24)22-19(25)21-16-8-3-2-4-9-16)26-17(23)11-10-14-6-5-7-15(20)12-14/h2-13H,1H3,(H2,21,22,24,25)/b11-10+. The number of anilines is 1. The Morgan fingerprint density at radius 2 is 1.81 bits per heavy atom. The zero-order valence-corrected chi connectivity index (χ0v) is 15.5. The van der Waals surface area contributed by atoms with Crippen molar-refractivity contribution in [2.45, 2.75) is 13.0 Å². The number of imide groups is 1. The molecule has 0 aliphatic heterocycles. The molecular weight excluding hydrogens is 400 g/mol. The van der Waals surface area contributed by atoms with Crippen molar-refractivity contribution in [3.05, 3.63) is 70.7 Å². The van der Waals surface area contributed by atoms with E-state index in [-0.39, 0.29) is 0 Å². The van der Waals surface area contributed by atoms with Gasteiger partial charge in [0.2, 0.25) is 0 Å². The van der Waals surface area contributed by atoms with Crippen LogP contribution < -0.4 is 10.6 Å². The molecule has 0 radical (unpaired) electrons. The first-order chi connectivity index (χ1) is 12.4. The number of ether oxygens (including phenoxy) is 1. The fraction of sp³-hybridized carbons (Fsp3) is 0.105. The Balaban J connectivity index is 1.82. The van der Waals surface area contributed by atoms with Gasteiger partial charge in [-0.25, -0.2) is 9.59 Å². The van der Waals surface area contributed by atoms with Crippen LogP contribution in [0.3, 0.4) is 0 Å². The van der Waals surface area contributed by atoms with Gasteiger partial charge in [0.05, 0.1) is 0 Å². The van der Waals surface area contributed by atoms with E-state index >= 15 is 0 Å². The zero-order valence-electron chi connectivity index (χ0n) is 13.9. The van der Waals surface area contributed by atoms with Crippen LogP contribution >= 0.6 is 15.9 Å². The average Bonchev–Trinajstić information content (AvgIpc) is 2.60. The van der Waals surface area contributed by atoms with Crippen LogP contribution in [0.1, 0.15) is 12.5 Å². The number of carbonyl (C=O) groups is 3. The van der Waals surface area contributed by atoms with Crippen molar-refractivity contribution < 1.29 is 19.1 Å². The Bertz CT molecular complexity index is 821. The van der Waals surface area contributed by atoms with E-state index in [1.54, 1.807) is 36.4 Å². The number of amides is 3. The van der Waals surface area contributed by atoms with Gasteiger partial charge in [-0.15, -0.1) is 0 Å². The predicted octanol–water partition coefficient (Wildman–Crippen LogP) is 3.74. The first-order valence-corrected chi connectivity index (χ1v) is 8.54. The molecule has 26 heavy (non-hydrogen) atoms. The molecule has 0 spiro atoms. The Labute approximate surface area is 159 Å². The molecule has 0 aromatic heterocycles. The first-order valence-electron chi connectivity index (χ1n) is 7.75. The van der Waals surface area contributed by atoms with Crippen molar-refractivity contribution in [3.63, 3.8) is 0 Å². The van der Waals surface area contributed by atoms with Crippen LogP contribution in [0.25, 0.3) is 6.08 Å². The molecule has 2 aromatic carbocycles. The van der Waals surface area contributed by atoms with Gasteiger partial charge in [0.1, 0.15) is 0 Å². The number of hydrogen-bond donors (Lipinski definition) is 2. The molecule has 0 aliphatic rings. The molecule has 6 nitrogen and oxygen atoms in total. The van der Waals surface area contributed by atoms with Gasteiger partial charge < -0.3 is 10.1 Å². The molecule has 0 bridgehead atoms.